The van der Waals surface area contributed by atoms with Gasteiger partial charge in [0.05, 0.1) is 10.5 Å². The molecule has 6 nitrogen and oxygen atoms in total. The molecule has 2 aromatic rings. The van der Waals surface area contributed by atoms with E-state index >= 15 is 0 Å². The quantitative estimate of drug-likeness (QED) is 0.536. The van der Waals surface area contributed by atoms with Crippen molar-refractivity contribution in [3.8, 4) is 0 Å². The summed E-state index contributed by atoms with van der Waals surface area (Å²) in [4.78, 5) is 24.6. The van der Waals surface area contributed by atoms with Gasteiger partial charge in [0.15, 0.2) is 17.3 Å². The van der Waals surface area contributed by atoms with E-state index in [4.69, 9.17) is 0 Å². The lowest BCUT2D eigenvalue weighted by Crippen LogP contribution is -2.17. The van der Waals surface area contributed by atoms with E-state index in [1.807, 2.05) is 5.32 Å². The zero-order valence-electron chi connectivity index (χ0n) is 10.1. The van der Waals surface area contributed by atoms with Gasteiger partial charge in [-0.1, -0.05) is 6.07 Å². The minimum atomic E-state index is -1.53. The van der Waals surface area contributed by atoms with E-state index in [0.717, 1.165) is 30.5 Å². The number of hydrogen-bond donors (Lipinski definition) is 1. The Labute approximate surface area is 115 Å². The third-order valence-corrected chi connectivity index (χ3v) is 2.52. The third kappa shape index (κ3) is 2.81. The van der Waals surface area contributed by atoms with E-state index in [1.54, 1.807) is 0 Å². The molecule has 1 aromatic carbocycles. The number of nitro benzene ring substituents is 1. The van der Waals surface area contributed by atoms with Gasteiger partial charge in [-0.05, 0) is 12.1 Å². The maximum absolute atomic E-state index is 13.6. The van der Waals surface area contributed by atoms with E-state index in [-0.39, 0.29) is 0 Å². The number of aromatic nitrogens is 1. The normalized spacial score (nSPS) is 10.2. The molecule has 0 aliphatic carbocycles. The van der Waals surface area contributed by atoms with Crippen LogP contribution in [-0.2, 0) is 0 Å². The first-order chi connectivity index (χ1) is 9.91. The highest BCUT2D eigenvalue weighted by Gasteiger charge is 2.23. The van der Waals surface area contributed by atoms with Crippen LogP contribution in [0.4, 0.5) is 24.5 Å². The molecule has 0 radical (unpaired) electrons. The molecule has 21 heavy (non-hydrogen) atoms. The smallest absolute Gasteiger partial charge is 0.295 e. The number of rotatable bonds is 3. The van der Waals surface area contributed by atoms with Crippen LogP contribution in [0.5, 0.6) is 0 Å². The molecular formula is C12H6F3N3O3. The van der Waals surface area contributed by atoms with Crippen LogP contribution in [-0.4, -0.2) is 15.8 Å². The molecule has 1 N–H and O–H groups in total. The summed E-state index contributed by atoms with van der Waals surface area (Å²) >= 11 is 0. The highest BCUT2D eigenvalue weighted by molar-refractivity contribution is 6.05. The fourth-order valence-corrected chi connectivity index (χ4v) is 1.56. The van der Waals surface area contributed by atoms with Crippen LogP contribution in [0, 0.1) is 27.7 Å². The maximum atomic E-state index is 13.6. The van der Waals surface area contributed by atoms with Crippen molar-refractivity contribution in [1.82, 2.24) is 4.98 Å². The predicted octanol–water partition coefficient (Wildman–Crippen LogP) is 2.66. The van der Waals surface area contributed by atoms with Gasteiger partial charge >= 0.3 is 0 Å². The molecule has 0 fully saturated rings. The number of nitrogens with one attached hydrogen (secondary N) is 1. The zero-order chi connectivity index (χ0) is 15.6. The standard InChI is InChI=1S/C12H6F3N3O3/c13-7-2-1-3-8(18(20)21)10(7)17-12(19)6-4-5-16-11(15)9(6)14/h1-5H,(H,17,19). The largest absolute Gasteiger partial charge is 0.314 e. The first kappa shape index (κ1) is 14.4. The topological polar surface area (TPSA) is 85.1 Å². The number of anilines is 1. The molecule has 0 aliphatic heterocycles. The molecule has 0 bridgehead atoms. The van der Waals surface area contributed by atoms with Crippen LogP contribution in [0.3, 0.4) is 0 Å². The summed E-state index contributed by atoms with van der Waals surface area (Å²) in [7, 11) is 0. The van der Waals surface area contributed by atoms with Crippen molar-refractivity contribution in [2.75, 3.05) is 5.32 Å². The van der Waals surface area contributed by atoms with Crippen molar-refractivity contribution in [3.05, 3.63) is 63.7 Å². The second-order valence-electron chi connectivity index (χ2n) is 3.81. The van der Waals surface area contributed by atoms with Crippen molar-refractivity contribution >= 4 is 17.3 Å². The van der Waals surface area contributed by atoms with Crippen molar-refractivity contribution < 1.29 is 22.9 Å². The average molecular weight is 297 g/mol. The van der Waals surface area contributed by atoms with Crippen molar-refractivity contribution in [2.45, 2.75) is 0 Å². The Hall–Kier alpha value is -2.97. The number of carbonyl (C=O) groups excluding carboxylic acids is 1. The predicted molar refractivity (Wildman–Crippen MR) is 65.2 cm³/mol. The summed E-state index contributed by atoms with van der Waals surface area (Å²) in [6.45, 7) is 0. The van der Waals surface area contributed by atoms with Gasteiger partial charge in [0.1, 0.15) is 0 Å². The molecule has 0 atom stereocenters. The molecule has 108 valence electrons. The van der Waals surface area contributed by atoms with E-state index < -0.39 is 45.4 Å². The molecule has 0 aliphatic rings. The lowest BCUT2D eigenvalue weighted by Gasteiger charge is -2.07. The van der Waals surface area contributed by atoms with Gasteiger partial charge in [-0.3, -0.25) is 14.9 Å². The summed E-state index contributed by atoms with van der Waals surface area (Å²) in [5.74, 6) is -5.35. The number of benzene rings is 1. The third-order valence-electron chi connectivity index (χ3n) is 2.52. The minimum absolute atomic E-state index is 0.710. The first-order valence-electron chi connectivity index (χ1n) is 5.46. The molecule has 0 saturated heterocycles. The summed E-state index contributed by atoms with van der Waals surface area (Å²) in [6, 6.07) is 3.78. The van der Waals surface area contributed by atoms with Crippen LogP contribution in [0.15, 0.2) is 30.5 Å². The molecule has 0 spiro atoms. The van der Waals surface area contributed by atoms with Crippen molar-refractivity contribution in [2.24, 2.45) is 0 Å². The van der Waals surface area contributed by atoms with Crippen LogP contribution in [0.2, 0.25) is 0 Å². The number of hydrogen-bond acceptors (Lipinski definition) is 4. The van der Waals surface area contributed by atoms with Crippen LogP contribution in [0.1, 0.15) is 10.4 Å². The van der Waals surface area contributed by atoms with E-state index in [2.05, 4.69) is 4.98 Å². The molecule has 1 amide bonds. The number of amides is 1. The van der Waals surface area contributed by atoms with Crippen molar-refractivity contribution in [1.29, 1.82) is 0 Å². The molecule has 2 rings (SSSR count). The molecule has 1 aromatic heterocycles. The number of nitro groups is 1. The Balaban J connectivity index is 2.41. The average Bonchev–Trinajstić information content (AvgIpc) is 2.43. The molecule has 9 heteroatoms. The second kappa shape index (κ2) is 5.57. The molecular weight excluding hydrogens is 291 g/mol. The Bertz CT molecular complexity index is 737. The SMILES string of the molecule is O=C(Nc1c(F)cccc1[N+](=O)[O-])c1ccnc(F)c1F. The molecule has 0 unspecified atom stereocenters. The van der Waals surface area contributed by atoms with Gasteiger partial charge in [0.2, 0.25) is 5.95 Å². The van der Waals surface area contributed by atoms with Gasteiger partial charge in [-0.2, -0.15) is 4.39 Å². The van der Waals surface area contributed by atoms with Gasteiger partial charge in [-0.25, -0.2) is 13.8 Å². The Kier molecular flexibility index (Phi) is 3.83. The minimum Gasteiger partial charge on any atom is -0.314 e. The second-order valence-corrected chi connectivity index (χ2v) is 3.81. The number of carbonyl (C=O) groups is 1. The number of pyridine rings is 1. The Morgan fingerprint density at radius 3 is 2.62 bits per heavy atom. The van der Waals surface area contributed by atoms with Crippen LogP contribution in [0.25, 0.3) is 0 Å². The summed E-state index contributed by atoms with van der Waals surface area (Å²) < 4.78 is 39.9. The zero-order valence-corrected chi connectivity index (χ0v) is 10.1. The van der Waals surface area contributed by atoms with E-state index in [1.165, 1.54) is 0 Å². The van der Waals surface area contributed by atoms with Crippen molar-refractivity contribution in [3.63, 3.8) is 0 Å². The van der Waals surface area contributed by atoms with Gasteiger partial charge < -0.3 is 5.32 Å². The number of nitrogens with zero attached hydrogens (tertiary/aromatic N) is 2. The summed E-state index contributed by atoms with van der Waals surface area (Å²) in [5, 5.41) is 12.6. The maximum Gasteiger partial charge on any atom is 0.295 e. The van der Waals surface area contributed by atoms with Gasteiger partial charge in [0, 0.05) is 12.3 Å². The fourth-order valence-electron chi connectivity index (χ4n) is 1.56. The monoisotopic (exact) mass is 297 g/mol. The lowest BCUT2D eigenvalue weighted by atomic mass is 10.2. The highest BCUT2D eigenvalue weighted by atomic mass is 19.2. The molecule has 0 saturated carbocycles. The highest BCUT2D eigenvalue weighted by Crippen LogP contribution is 2.27. The molecule has 1 heterocycles. The lowest BCUT2D eigenvalue weighted by molar-refractivity contribution is -0.384. The Morgan fingerprint density at radius 1 is 1.24 bits per heavy atom. The number of para-hydroxylation sites is 1. The Morgan fingerprint density at radius 2 is 1.95 bits per heavy atom. The number of halogens is 3. The van der Waals surface area contributed by atoms with Gasteiger partial charge in [0.25, 0.3) is 11.6 Å². The summed E-state index contributed by atoms with van der Waals surface area (Å²) in [6.07, 6.45) is 0.836. The van der Waals surface area contributed by atoms with Gasteiger partial charge in [-0.15, -0.1) is 0 Å². The fraction of sp³-hybridized carbons (Fsp3) is 0. The first-order valence-corrected chi connectivity index (χ1v) is 5.46. The van der Waals surface area contributed by atoms with E-state index in [0.29, 0.717) is 0 Å². The van der Waals surface area contributed by atoms with Crippen LogP contribution < -0.4 is 5.32 Å². The van der Waals surface area contributed by atoms with E-state index in [9.17, 15) is 28.1 Å². The summed E-state index contributed by atoms with van der Waals surface area (Å²) in [5.41, 5.74) is -2.19. The van der Waals surface area contributed by atoms with Crippen LogP contribution >= 0.6 is 0 Å².